The molecule has 1 fully saturated rings. The van der Waals surface area contributed by atoms with Crippen LogP contribution >= 0.6 is 0 Å². The van der Waals surface area contributed by atoms with Gasteiger partial charge < -0.3 is 20.3 Å². The molecule has 1 saturated heterocycles. The Kier molecular flexibility index (Phi) is 5.84. The van der Waals surface area contributed by atoms with Crippen molar-refractivity contribution in [1.82, 2.24) is 14.9 Å². The summed E-state index contributed by atoms with van der Waals surface area (Å²) >= 11 is 0. The van der Waals surface area contributed by atoms with E-state index >= 15 is 0 Å². The molecule has 1 aromatic carbocycles. The molecular weight excluding hydrogens is 354 g/mol. The number of carbonyl (C=O) groups excluding carboxylic acids is 1. The fraction of sp³-hybridized carbons (Fsp3) is 0.476. The molecule has 1 atom stereocenters. The Bertz CT molecular complexity index is 883. The van der Waals surface area contributed by atoms with Gasteiger partial charge in [-0.3, -0.25) is 4.79 Å². The van der Waals surface area contributed by atoms with Crippen molar-refractivity contribution >= 4 is 11.7 Å². The van der Waals surface area contributed by atoms with Crippen molar-refractivity contribution in [3.63, 3.8) is 0 Å². The number of ether oxygens (including phenoxy) is 1. The molecule has 2 N–H and O–H groups in total. The molecule has 0 radical (unpaired) electrons. The first-order chi connectivity index (χ1) is 13.3. The number of methoxy groups -OCH3 is 1. The van der Waals surface area contributed by atoms with Crippen LogP contribution in [0.1, 0.15) is 39.4 Å². The van der Waals surface area contributed by atoms with Gasteiger partial charge in [0.05, 0.1) is 7.11 Å². The van der Waals surface area contributed by atoms with E-state index in [-0.39, 0.29) is 17.8 Å². The number of aromatic nitrogens is 2. The van der Waals surface area contributed by atoms with Crippen molar-refractivity contribution < 1.29 is 9.53 Å². The highest BCUT2D eigenvalue weighted by atomic mass is 16.5. The van der Waals surface area contributed by atoms with Crippen LogP contribution in [-0.2, 0) is 6.54 Å². The molecule has 3 rings (SSSR count). The van der Waals surface area contributed by atoms with Gasteiger partial charge in [0.2, 0.25) is 5.82 Å². The van der Waals surface area contributed by atoms with Crippen LogP contribution in [0.2, 0.25) is 0 Å². The number of amides is 1. The van der Waals surface area contributed by atoms with Crippen molar-refractivity contribution in [2.24, 2.45) is 5.73 Å². The molecule has 2 aromatic rings. The first-order valence-corrected chi connectivity index (χ1v) is 9.55. The summed E-state index contributed by atoms with van der Waals surface area (Å²) in [4.78, 5) is 25.9. The molecule has 7 nitrogen and oxygen atoms in total. The second kappa shape index (κ2) is 8.14. The molecule has 28 heavy (non-hydrogen) atoms. The number of benzene rings is 1. The molecule has 0 aliphatic carbocycles. The van der Waals surface area contributed by atoms with Crippen LogP contribution in [0.4, 0.5) is 5.82 Å². The van der Waals surface area contributed by atoms with E-state index in [4.69, 9.17) is 10.5 Å². The Morgan fingerprint density at radius 1 is 1.32 bits per heavy atom. The number of nitrogens with two attached hydrogens (primary N) is 1. The minimum atomic E-state index is -0.212. The minimum absolute atomic E-state index is 0.144. The summed E-state index contributed by atoms with van der Waals surface area (Å²) in [6.07, 6.45) is 0.929. The number of aryl methyl sites for hydroxylation is 2. The van der Waals surface area contributed by atoms with Gasteiger partial charge in [0.15, 0.2) is 0 Å². The Labute approximate surface area is 166 Å². The average molecular weight is 383 g/mol. The topological polar surface area (TPSA) is 84.6 Å². The predicted molar refractivity (Wildman–Crippen MR) is 110 cm³/mol. The molecule has 1 aliphatic heterocycles. The lowest BCUT2D eigenvalue weighted by molar-refractivity contribution is 0.0771. The van der Waals surface area contributed by atoms with Gasteiger partial charge in [0.1, 0.15) is 11.6 Å². The second-order valence-electron chi connectivity index (χ2n) is 7.55. The van der Waals surface area contributed by atoms with Crippen LogP contribution in [-0.4, -0.2) is 54.1 Å². The van der Waals surface area contributed by atoms with Crippen molar-refractivity contribution in [3.05, 3.63) is 46.4 Å². The maximum Gasteiger partial charge on any atom is 0.291 e. The molecule has 1 amide bonds. The molecule has 1 aromatic heterocycles. The quantitative estimate of drug-likeness (QED) is 0.852. The Balaban J connectivity index is 1.86. The molecular formula is C21H29N5O2. The molecule has 7 heteroatoms. The number of anilines is 1. The summed E-state index contributed by atoms with van der Waals surface area (Å²) in [6, 6.07) is 6.08. The van der Waals surface area contributed by atoms with E-state index in [2.05, 4.69) is 14.9 Å². The normalized spacial score (nSPS) is 16.4. The highest BCUT2D eigenvalue weighted by Crippen LogP contribution is 2.25. The van der Waals surface area contributed by atoms with Gasteiger partial charge in [-0.25, -0.2) is 9.97 Å². The second-order valence-corrected chi connectivity index (χ2v) is 7.55. The van der Waals surface area contributed by atoms with Crippen molar-refractivity contribution in [1.29, 1.82) is 0 Å². The van der Waals surface area contributed by atoms with E-state index in [1.54, 1.807) is 19.1 Å². The van der Waals surface area contributed by atoms with E-state index in [9.17, 15) is 4.79 Å². The van der Waals surface area contributed by atoms with Gasteiger partial charge >= 0.3 is 0 Å². The van der Waals surface area contributed by atoms with Crippen LogP contribution in [0.5, 0.6) is 5.75 Å². The third-order valence-electron chi connectivity index (χ3n) is 5.27. The standard InChI is InChI=1S/C21H29N5O2/c1-13-6-7-18(28-5)16(10-13)11-25(4)21(27)19-23-15(3)14(2)20(24-19)26-9-8-17(22)12-26/h6-7,10,17H,8-9,11-12,22H2,1-5H3/t17-/m1/s1. The van der Waals surface area contributed by atoms with Crippen molar-refractivity contribution in [3.8, 4) is 5.75 Å². The van der Waals surface area contributed by atoms with Gasteiger partial charge in [0, 0.05) is 49.5 Å². The van der Waals surface area contributed by atoms with E-state index in [1.807, 2.05) is 39.0 Å². The Morgan fingerprint density at radius 3 is 2.71 bits per heavy atom. The van der Waals surface area contributed by atoms with E-state index in [0.717, 1.165) is 53.5 Å². The van der Waals surface area contributed by atoms with Crippen LogP contribution in [0.25, 0.3) is 0 Å². The van der Waals surface area contributed by atoms with Crippen LogP contribution < -0.4 is 15.4 Å². The maximum atomic E-state index is 13.0. The largest absolute Gasteiger partial charge is 0.496 e. The summed E-state index contributed by atoms with van der Waals surface area (Å²) in [5, 5.41) is 0. The lowest BCUT2D eigenvalue weighted by atomic mass is 10.1. The Hall–Kier alpha value is -2.67. The summed E-state index contributed by atoms with van der Waals surface area (Å²) in [6.45, 7) is 7.94. The SMILES string of the molecule is COc1ccc(C)cc1CN(C)C(=O)c1nc(C)c(C)c(N2CC[C@@H](N)C2)n1. The highest BCUT2D eigenvalue weighted by molar-refractivity contribution is 5.91. The monoisotopic (exact) mass is 383 g/mol. The summed E-state index contributed by atoms with van der Waals surface area (Å²) < 4.78 is 5.43. The zero-order valence-corrected chi connectivity index (χ0v) is 17.3. The van der Waals surface area contributed by atoms with Crippen molar-refractivity contribution in [2.45, 2.75) is 39.8 Å². The molecule has 0 saturated carbocycles. The first kappa shape index (κ1) is 20.1. The lowest BCUT2D eigenvalue weighted by Gasteiger charge is -2.22. The smallest absolute Gasteiger partial charge is 0.291 e. The Morgan fingerprint density at radius 2 is 2.07 bits per heavy atom. The van der Waals surface area contributed by atoms with Gasteiger partial charge in [-0.2, -0.15) is 0 Å². The number of hydrogen-bond acceptors (Lipinski definition) is 6. The van der Waals surface area contributed by atoms with Gasteiger partial charge in [-0.1, -0.05) is 17.7 Å². The fourth-order valence-corrected chi connectivity index (χ4v) is 3.53. The molecule has 1 aliphatic rings. The van der Waals surface area contributed by atoms with E-state index in [1.165, 1.54) is 0 Å². The molecule has 150 valence electrons. The minimum Gasteiger partial charge on any atom is -0.496 e. The van der Waals surface area contributed by atoms with E-state index < -0.39 is 0 Å². The summed E-state index contributed by atoms with van der Waals surface area (Å²) in [5.74, 6) is 1.58. The van der Waals surface area contributed by atoms with Gasteiger partial charge in [0.25, 0.3) is 5.91 Å². The molecule has 2 heterocycles. The number of carbonyl (C=O) groups is 1. The van der Waals surface area contributed by atoms with Gasteiger partial charge in [-0.05, 0) is 33.3 Å². The van der Waals surface area contributed by atoms with Crippen LogP contribution in [0, 0.1) is 20.8 Å². The average Bonchev–Trinajstić information content (AvgIpc) is 3.09. The molecule has 0 spiro atoms. The van der Waals surface area contributed by atoms with Crippen LogP contribution in [0.15, 0.2) is 18.2 Å². The summed E-state index contributed by atoms with van der Waals surface area (Å²) in [7, 11) is 3.39. The number of hydrogen-bond donors (Lipinski definition) is 1. The first-order valence-electron chi connectivity index (χ1n) is 9.55. The third-order valence-corrected chi connectivity index (χ3v) is 5.27. The molecule has 0 unspecified atom stereocenters. The van der Waals surface area contributed by atoms with Crippen LogP contribution in [0.3, 0.4) is 0 Å². The highest BCUT2D eigenvalue weighted by Gasteiger charge is 2.25. The summed E-state index contributed by atoms with van der Waals surface area (Å²) in [5.41, 5.74) is 9.93. The lowest BCUT2D eigenvalue weighted by Crippen LogP contribution is -2.31. The van der Waals surface area contributed by atoms with E-state index in [0.29, 0.717) is 6.54 Å². The fourth-order valence-electron chi connectivity index (χ4n) is 3.53. The zero-order valence-electron chi connectivity index (χ0n) is 17.3. The van der Waals surface area contributed by atoms with Gasteiger partial charge in [-0.15, -0.1) is 0 Å². The zero-order chi connectivity index (χ0) is 20.4. The van der Waals surface area contributed by atoms with Crippen molar-refractivity contribution in [2.75, 3.05) is 32.1 Å². The predicted octanol–water partition coefficient (Wildman–Crippen LogP) is 2.22. The number of nitrogens with zero attached hydrogens (tertiary/aromatic N) is 4. The number of rotatable bonds is 5. The molecule has 0 bridgehead atoms. The third kappa shape index (κ3) is 4.09. The maximum absolute atomic E-state index is 13.0.